The largest absolute Gasteiger partial charge is 0.376 e. The Hall–Kier alpha value is -2.44. The first kappa shape index (κ1) is 17.0. The Balaban J connectivity index is 1.70. The summed E-state index contributed by atoms with van der Waals surface area (Å²) in [5.41, 5.74) is 1.83. The van der Waals surface area contributed by atoms with E-state index in [1.807, 2.05) is 11.5 Å². The molecule has 2 aromatic heterocycles. The lowest BCUT2D eigenvalue weighted by atomic mass is 10.0. The van der Waals surface area contributed by atoms with Gasteiger partial charge in [0, 0.05) is 30.4 Å². The number of fused-ring (bicyclic) bond motifs is 2. The number of pyridine rings is 1. The van der Waals surface area contributed by atoms with E-state index >= 15 is 0 Å². The van der Waals surface area contributed by atoms with Crippen LogP contribution in [-0.2, 0) is 34.2 Å². The first-order valence-electron chi connectivity index (χ1n) is 8.59. The van der Waals surface area contributed by atoms with E-state index in [9.17, 15) is 13.7 Å². The van der Waals surface area contributed by atoms with Gasteiger partial charge < -0.3 is 9.30 Å². The third-order valence-electron chi connectivity index (χ3n) is 4.94. The summed E-state index contributed by atoms with van der Waals surface area (Å²) in [6.07, 6.45) is 6.59. The van der Waals surface area contributed by atoms with E-state index in [0.29, 0.717) is 18.6 Å². The van der Waals surface area contributed by atoms with Crippen molar-refractivity contribution in [1.29, 1.82) is 5.26 Å². The Morgan fingerprint density at radius 3 is 3.04 bits per heavy atom. The highest BCUT2D eigenvalue weighted by atomic mass is 32.2. The fourth-order valence-corrected chi connectivity index (χ4v) is 4.49. The van der Waals surface area contributed by atoms with Crippen LogP contribution in [0.2, 0.25) is 0 Å². The van der Waals surface area contributed by atoms with E-state index in [2.05, 4.69) is 20.8 Å². The Morgan fingerprint density at radius 2 is 2.27 bits per heavy atom. The molecule has 0 spiro atoms. The summed E-state index contributed by atoms with van der Waals surface area (Å²) in [5.74, 6) is 0.798. The molecule has 1 unspecified atom stereocenters. The maximum atomic E-state index is 12.8. The molecule has 9 heteroatoms. The predicted octanol–water partition coefficient (Wildman–Crippen LogP) is 1.92. The SMILES string of the molecule is CC1CCCc2nc(S(=O)(=O)Nc3ncc4c(c3C#N)COCC4)cn21. The van der Waals surface area contributed by atoms with Gasteiger partial charge in [0.05, 0.1) is 13.2 Å². The smallest absolute Gasteiger partial charge is 0.282 e. The predicted molar refractivity (Wildman–Crippen MR) is 93.0 cm³/mol. The van der Waals surface area contributed by atoms with Crippen molar-refractivity contribution in [3.8, 4) is 6.07 Å². The molecule has 0 aromatic carbocycles. The fraction of sp³-hybridized carbons (Fsp3) is 0.471. The fourth-order valence-electron chi connectivity index (χ4n) is 3.50. The zero-order valence-electron chi connectivity index (χ0n) is 14.4. The monoisotopic (exact) mass is 373 g/mol. The minimum atomic E-state index is -3.93. The van der Waals surface area contributed by atoms with Crippen molar-refractivity contribution < 1.29 is 13.2 Å². The number of imidazole rings is 1. The third-order valence-corrected chi connectivity index (χ3v) is 6.15. The van der Waals surface area contributed by atoms with Crippen molar-refractivity contribution in [3.05, 3.63) is 34.9 Å². The van der Waals surface area contributed by atoms with Crippen LogP contribution in [0.15, 0.2) is 17.4 Å². The minimum Gasteiger partial charge on any atom is -0.376 e. The van der Waals surface area contributed by atoms with Crippen molar-refractivity contribution in [2.75, 3.05) is 11.3 Å². The lowest BCUT2D eigenvalue weighted by Crippen LogP contribution is -2.19. The van der Waals surface area contributed by atoms with Gasteiger partial charge in [-0.25, -0.2) is 9.97 Å². The summed E-state index contributed by atoms with van der Waals surface area (Å²) in [6, 6.07) is 2.28. The Labute approximate surface area is 151 Å². The average Bonchev–Trinajstić information content (AvgIpc) is 3.08. The van der Waals surface area contributed by atoms with Gasteiger partial charge in [-0.1, -0.05) is 0 Å². The second kappa shape index (κ2) is 6.37. The van der Waals surface area contributed by atoms with Gasteiger partial charge in [0.2, 0.25) is 0 Å². The Morgan fingerprint density at radius 1 is 1.42 bits per heavy atom. The number of rotatable bonds is 3. The lowest BCUT2D eigenvalue weighted by molar-refractivity contribution is 0.110. The number of hydrogen-bond acceptors (Lipinski definition) is 6. The number of hydrogen-bond donors (Lipinski definition) is 1. The van der Waals surface area contributed by atoms with E-state index in [0.717, 1.165) is 30.7 Å². The summed E-state index contributed by atoms with van der Waals surface area (Å²) in [6.45, 7) is 2.90. The van der Waals surface area contributed by atoms with Gasteiger partial charge in [-0.2, -0.15) is 13.7 Å². The molecule has 26 heavy (non-hydrogen) atoms. The van der Waals surface area contributed by atoms with Crippen LogP contribution < -0.4 is 4.72 Å². The summed E-state index contributed by atoms with van der Waals surface area (Å²) in [7, 11) is -3.93. The molecular formula is C17H19N5O3S. The zero-order chi connectivity index (χ0) is 18.3. The second-order valence-electron chi connectivity index (χ2n) is 6.65. The molecular weight excluding hydrogens is 354 g/mol. The zero-order valence-corrected chi connectivity index (χ0v) is 15.2. The maximum Gasteiger partial charge on any atom is 0.282 e. The molecule has 0 radical (unpaired) electrons. The van der Waals surface area contributed by atoms with E-state index in [4.69, 9.17) is 4.74 Å². The number of aryl methyl sites for hydroxylation is 1. The molecule has 0 fully saturated rings. The van der Waals surface area contributed by atoms with Crippen LogP contribution in [0.3, 0.4) is 0 Å². The number of aromatic nitrogens is 3. The molecule has 0 saturated heterocycles. The number of nitriles is 1. The van der Waals surface area contributed by atoms with E-state index < -0.39 is 10.0 Å². The first-order chi connectivity index (χ1) is 12.5. The number of ether oxygens (including phenoxy) is 1. The average molecular weight is 373 g/mol. The van der Waals surface area contributed by atoms with Gasteiger partial charge in [-0.15, -0.1) is 0 Å². The maximum absolute atomic E-state index is 12.8. The molecule has 136 valence electrons. The van der Waals surface area contributed by atoms with Crippen LogP contribution in [0.4, 0.5) is 5.82 Å². The third kappa shape index (κ3) is 2.85. The van der Waals surface area contributed by atoms with Crippen molar-refractivity contribution in [3.63, 3.8) is 0 Å². The molecule has 1 N–H and O–H groups in total. The molecule has 0 saturated carbocycles. The van der Waals surface area contributed by atoms with Gasteiger partial charge in [0.1, 0.15) is 17.5 Å². The molecule has 4 heterocycles. The van der Waals surface area contributed by atoms with Gasteiger partial charge >= 0.3 is 0 Å². The van der Waals surface area contributed by atoms with Gasteiger partial charge in [0.15, 0.2) is 10.8 Å². The highest BCUT2D eigenvalue weighted by Crippen LogP contribution is 2.28. The quantitative estimate of drug-likeness (QED) is 0.880. The second-order valence-corrected chi connectivity index (χ2v) is 8.28. The molecule has 0 aliphatic carbocycles. The molecule has 1 atom stereocenters. The summed E-state index contributed by atoms with van der Waals surface area (Å²) in [4.78, 5) is 8.46. The Bertz CT molecular complexity index is 1010. The summed E-state index contributed by atoms with van der Waals surface area (Å²) in [5, 5.41) is 9.47. The molecule has 0 amide bonds. The van der Waals surface area contributed by atoms with Gasteiger partial charge in [0.25, 0.3) is 10.0 Å². The van der Waals surface area contributed by atoms with Crippen molar-refractivity contribution in [2.24, 2.45) is 0 Å². The Kier molecular flexibility index (Phi) is 4.17. The highest BCUT2D eigenvalue weighted by molar-refractivity contribution is 7.92. The van der Waals surface area contributed by atoms with Crippen LogP contribution in [-0.4, -0.2) is 29.6 Å². The summed E-state index contributed by atoms with van der Waals surface area (Å²) >= 11 is 0. The number of anilines is 1. The molecule has 8 nitrogen and oxygen atoms in total. The van der Waals surface area contributed by atoms with Gasteiger partial charge in [-0.3, -0.25) is 4.72 Å². The standard InChI is InChI=1S/C17H19N5O3S/c1-11-3-2-4-15-20-16(9-22(11)15)26(23,24)21-17-13(7-18)14-10-25-6-5-12(14)8-19-17/h8-9,11H,2-6,10H2,1H3,(H,19,21). The number of sulfonamides is 1. The number of nitrogens with zero attached hydrogens (tertiary/aromatic N) is 4. The topological polar surface area (TPSA) is 110 Å². The van der Waals surface area contributed by atoms with E-state index in [1.54, 1.807) is 12.4 Å². The van der Waals surface area contributed by atoms with Crippen LogP contribution in [0.5, 0.6) is 0 Å². The van der Waals surface area contributed by atoms with Crippen LogP contribution in [0.25, 0.3) is 0 Å². The molecule has 2 aliphatic heterocycles. The van der Waals surface area contributed by atoms with Crippen molar-refractivity contribution >= 4 is 15.8 Å². The van der Waals surface area contributed by atoms with E-state index in [-0.39, 0.29) is 29.1 Å². The van der Waals surface area contributed by atoms with Crippen molar-refractivity contribution in [2.45, 2.75) is 50.3 Å². The lowest BCUT2D eigenvalue weighted by Gasteiger charge is -2.20. The number of nitrogens with one attached hydrogen (secondary N) is 1. The van der Waals surface area contributed by atoms with Crippen LogP contribution in [0.1, 0.15) is 48.3 Å². The van der Waals surface area contributed by atoms with Crippen LogP contribution in [0, 0.1) is 11.3 Å². The minimum absolute atomic E-state index is 0.0239. The molecule has 2 aliphatic rings. The molecule has 4 rings (SSSR count). The first-order valence-corrected chi connectivity index (χ1v) is 10.1. The molecule has 0 bridgehead atoms. The highest BCUT2D eigenvalue weighted by Gasteiger charge is 2.27. The van der Waals surface area contributed by atoms with Crippen molar-refractivity contribution in [1.82, 2.24) is 14.5 Å². The van der Waals surface area contributed by atoms with Crippen LogP contribution >= 0.6 is 0 Å². The van der Waals surface area contributed by atoms with Gasteiger partial charge in [-0.05, 0) is 31.7 Å². The van der Waals surface area contributed by atoms with E-state index in [1.165, 1.54) is 0 Å². The molecule has 2 aromatic rings. The normalized spacial score (nSPS) is 19.3. The summed E-state index contributed by atoms with van der Waals surface area (Å²) < 4.78 is 35.3.